The highest BCUT2D eigenvalue weighted by Gasteiger charge is 2.44. The van der Waals surface area contributed by atoms with Gasteiger partial charge in [-0.25, -0.2) is 4.98 Å². The number of hydrogen-bond donors (Lipinski definition) is 2. The van der Waals surface area contributed by atoms with Gasteiger partial charge in [0.1, 0.15) is 5.54 Å². The fourth-order valence-electron chi connectivity index (χ4n) is 3.55. The summed E-state index contributed by atoms with van der Waals surface area (Å²) >= 11 is 1.41. The average Bonchev–Trinajstić information content (AvgIpc) is 2.99. The Morgan fingerprint density at radius 2 is 2.09 bits per heavy atom. The van der Waals surface area contributed by atoms with Gasteiger partial charge in [0, 0.05) is 18.5 Å². The van der Waals surface area contributed by atoms with Crippen LogP contribution in [0.5, 0.6) is 0 Å². The minimum atomic E-state index is -0.358. The van der Waals surface area contributed by atoms with E-state index in [-0.39, 0.29) is 11.4 Å². The van der Waals surface area contributed by atoms with Gasteiger partial charge >= 0.3 is 0 Å². The van der Waals surface area contributed by atoms with Crippen LogP contribution in [0.25, 0.3) is 0 Å². The molecule has 1 aliphatic carbocycles. The second kappa shape index (κ2) is 6.93. The van der Waals surface area contributed by atoms with Crippen molar-refractivity contribution in [2.24, 2.45) is 0 Å². The first-order valence-corrected chi connectivity index (χ1v) is 8.90. The molecule has 2 fully saturated rings. The summed E-state index contributed by atoms with van der Waals surface area (Å²) in [6.07, 6.45) is 5.35. The summed E-state index contributed by atoms with van der Waals surface area (Å²) in [6.45, 7) is 3.59. The lowest BCUT2D eigenvalue weighted by Gasteiger charge is -2.46. The molecular formula is C15H24N4O2S. The number of rotatable bonds is 4. The maximum atomic E-state index is 13.0. The van der Waals surface area contributed by atoms with Crippen molar-refractivity contribution < 1.29 is 9.53 Å². The van der Waals surface area contributed by atoms with E-state index in [4.69, 9.17) is 10.5 Å². The van der Waals surface area contributed by atoms with Crippen LogP contribution in [0.15, 0.2) is 5.38 Å². The van der Waals surface area contributed by atoms with E-state index in [0.29, 0.717) is 11.7 Å². The van der Waals surface area contributed by atoms with E-state index in [1.54, 1.807) is 0 Å². The van der Waals surface area contributed by atoms with Crippen LogP contribution in [0.2, 0.25) is 0 Å². The number of anilines is 1. The molecule has 1 aromatic heterocycles. The molecule has 1 saturated carbocycles. The number of nitrogens with one attached hydrogen (secondary N) is 1. The molecule has 2 aliphatic rings. The Balaban J connectivity index is 1.68. The van der Waals surface area contributed by atoms with E-state index in [9.17, 15) is 4.79 Å². The predicted molar refractivity (Wildman–Crippen MR) is 86.6 cm³/mol. The van der Waals surface area contributed by atoms with Gasteiger partial charge < -0.3 is 15.8 Å². The maximum Gasteiger partial charge on any atom is 0.240 e. The van der Waals surface area contributed by atoms with Crippen molar-refractivity contribution in [3.8, 4) is 0 Å². The number of morpholine rings is 1. The Labute approximate surface area is 135 Å². The summed E-state index contributed by atoms with van der Waals surface area (Å²) < 4.78 is 5.45. The van der Waals surface area contributed by atoms with Crippen LogP contribution in [-0.4, -0.2) is 47.6 Å². The monoisotopic (exact) mass is 324 g/mol. The van der Waals surface area contributed by atoms with Crippen molar-refractivity contribution in [1.82, 2.24) is 15.2 Å². The van der Waals surface area contributed by atoms with E-state index < -0.39 is 0 Å². The minimum absolute atomic E-state index is 0.140. The lowest BCUT2D eigenvalue weighted by molar-refractivity contribution is -0.140. The van der Waals surface area contributed by atoms with Gasteiger partial charge in [-0.15, -0.1) is 11.3 Å². The van der Waals surface area contributed by atoms with Crippen LogP contribution < -0.4 is 11.1 Å². The largest absolute Gasteiger partial charge is 0.379 e. The van der Waals surface area contributed by atoms with Crippen LogP contribution in [0.1, 0.15) is 37.8 Å². The summed E-state index contributed by atoms with van der Waals surface area (Å²) in [6, 6.07) is 0. The first-order valence-electron chi connectivity index (χ1n) is 8.02. The maximum absolute atomic E-state index is 13.0. The molecule has 1 saturated heterocycles. The summed E-state index contributed by atoms with van der Waals surface area (Å²) in [5, 5.41) is 5.53. The lowest BCUT2D eigenvalue weighted by atomic mass is 9.79. The van der Waals surface area contributed by atoms with E-state index >= 15 is 0 Å². The second-order valence-corrected chi connectivity index (χ2v) is 6.94. The van der Waals surface area contributed by atoms with E-state index in [1.807, 2.05) is 5.38 Å². The van der Waals surface area contributed by atoms with Crippen LogP contribution in [-0.2, 0) is 16.1 Å². The van der Waals surface area contributed by atoms with Crippen LogP contribution in [0, 0.1) is 0 Å². The SMILES string of the molecule is Nc1nc(CNC(=O)C2(N3CCOCC3)CCCCC2)cs1. The highest BCUT2D eigenvalue weighted by atomic mass is 32.1. The highest BCUT2D eigenvalue weighted by molar-refractivity contribution is 7.13. The van der Waals surface area contributed by atoms with Gasteiger partial charge in [-0.2, -0.15) is 0 Å². The molecule has 0 atom stereocenters. The average molecular weight is 324 g/mol. The number of carbonyl (C=O) groups excluding carboxylic acids is 1. The fraction of sp³-hybridized carbons (Fsp3) is 0.733. The van der Waals surface area contributed by atoms with Crippen molar-refractivity contribution in [2.45, 2.75) is 44.2 Å². The van der Waals surface area contributed by atoms with Gasteiger partial charge in [-0.3, -0.25) is 9.69 Å². The molecular weight excluding hydrogens is 300 g/mol. The zero-order valence-electron chi connectivity index (χ0n) is 12.8. The lowest BCUT2D eigenvalue weighted by Crippen LogP contribution is -2.62. The van der Waals surface area contributed by atoms with Gasteiger partial charge in [0.05, 0.1) is 25.5 Å². The van der Waals surface area contributed by atoms with Gasteiger partial charge in [-0.1, -0.05) is 19.3 Å². The smallest absolute Gasteiger partial charge is 0.240 e. The molecule has 0 bridgehead atoms. The zero-order chi connectivity index (χ0) is 15.4. The van der Waals surface area contributed by atoms with Gasteiger partial charge in [0.15, 0.2) is 5.13 Å². The number of ether oxygens (including phenoxy) is 1. The number of nitrogen functional groups attached to an aromatic ring is 1. The Morgan fingerprint density at radius 1 is 1.36 bits per heavy atom. The summed E-state index contributed by atoms with van der Waals surface area (Å²) in [7, 11) is 0. The number of nitrogens with two attached hydrogens (primary N) is 1. The summed E-state index contributed by atoms with van der Waals surface area (Å²) in [4.78, 5) is 19.5. The summed E-state index contributed by atoms with van der Waals surface area (Å²) in [5.74, 6) is 0.140. The number of thiazole rings is 1. The topological polar surface area (TPSA) is 80.5 Å². The Bertz CT molecular complexity index is 507. The Morgan fingerprint density at radius 3 is 2.73 bits per heavy atom. The number of carbonyl (C=O) groups is 1. The van der Waals surface area contributed by atoms with Crippen LogP contribution >= 0.6 is 11.3 Å². The third-order valence-electron chi connectivity index (χ3n) is 4.72. The first-order chi connectivity index (χ1) is 10.7. The number of nitrogens with zero attached hydrogens (tertiary/aromatic N) is 2. The highest BCUT2D eigenvalue weighted by Crippen LogP contribution is 2.34. The molecule has 6 nitrogen and oxygen atoms in total. The zero-order valence-corrected chi connectivity index (χ0v) is 13.7. The number of hydrogen-bond acceptors (Lipinski definition) is 6. The molecule has 1 aromatic rings. The molecule has 7 heteroatoms. The number of aromatic nitrogens is 1. The molecule has 3 N–H and O–H groups in total. The normalized spacial score (nSPS) is 22.4. The standard InChI is InChI=1S/C15H24N4O2S/c16-14-18-12(11-22-14)10-17-13(20)15(4-2-1-3-5-15)19-6-8-21-9-7-19/h11H,1-10H2,(H2,16,18)(H,17,20). The van der Waals surface area contributed by atoms with Gasteiger partial charge in [0.25, 0.3) is 0 Å². The quantitative estimate of drug-likeness (QED) is 0.874. The van der Waals surface area contributed by atoms with Crippen LogP contribution in [0.3, 0.4) is 0 Å². The van der Waals surface area contributed by atoms with Crippen molar-refractivity contribution in [2.75, 3.05) is 32.0 Å². The third kappa shape index (κ3) is 3.26. The molecule has 0 radical (unpaired) electrons. The Kier molecular flexibility index (Phi) is 4.95. The predicted octanol–water partition coefficient (Wildman–Crippen LogP) is 1.38. The molecule has 0 spiro atoms. The molecule has 122 valence electrons. The first kappa shape index (κ1) is 15.7. The van der Waals surface area contributed by atoms with Crippen molar-refractivity contribution >= 4 is 22.4 Å². The second-order valence-electron chi connectivity index (χ2n) is 6.05. The van der Waals surface area contributed by atoms with Crippen molar-refractivity contribution in [1.29, 1.82) is 0 Å². The molecule has 22 heavy (non-hydrogen) atoms. The molecule has 1 amide bonds. The van der Waals surface area contributed by atoms with Crippen LogP contribution in [0.4, 0.5) is 5.13 Å². The van der Waals surface area contributed by atoms with E-state index in [1.165, 1.54) is 17.8 Å². The molecule has 0 aromatic carbocycles. The van der Waals surface area contributed by atoms with Gasteiger partial charge in [-0.05, 0) is 12.8 Å². The van der Waals surface area contributed by atoms with E-state index in [2.05, 4.69) is 15.2 Å². The van der Waals surface area contributed by atoms with Gasteiger partial charge in [0.2, 0.25) is 5.91 Å². The molecule has 2 heterocycles. The summed E-state index contributed by atoms with van der Waals surface area (Å²) in [5.41, 5.74) is 6.12. The van der Waals surface area contributed by atoms with Crippen molar-refractivity contribution in [3.63, 3.8) is 0 Å². The molecule has 3 rings (SSSR count). The fourth-order valence-corrected chi connectivity index (χ4v) is 4.12. The molecule has 0 unspecified atom stereocenters. The minimum Gasteiger partial charge on any atom is -0.379 e. The molecule has 1 aliphatic heterocycles. The number of amides is 1. The Hall–Kier alpha value is -1.18. The third-order valence-corrected chi connectivity index (χ3v) is 5.44. The van der Waals surface area contributed by atoms with E-state index in [0.717, 1.165) is 57.7 Å². The van der Waals surface area contributed by atoms with Crippen molar-refractivity contribution in [3.05, 3.63) is 11.1 Å².